The number of unbranched alkanes of at least 4 members (excludes halogenated alkanes) is 1. The molecule has 18 heavy (non-hydrogen) atoms. The van der Waals surface area contributed by atoms with Crippen molar-refractivity contribution in [3.05, 3.63) is 0 Å². The van der Waals surface area contributed by atoms with Crippen molar-refractivity contribution in [2.24, 2.45) is 0 Å². The van der Waals surface area contributed by atoms with Gasteiger partial charge in [-0.2, -0.15) is 0 Å². The molecule has 1 aliphatic rings. The molecule has 5 nitrogen and oxygen atoms in total. The minimum Gasteiger partial charge on any atom is -0.377 e. The summed E-state index contributed by atoms with van der Waals surface area (Å²) in [5, 5.41) is 3.37. The van der Waals surface area contributed by atoms with Crippen LogP contribution in [0, 0.1) is 0 Å². The summed E-state index contributed by atoms with van der Waals surface area (Å²) in [5.74, 6) is 0.194. The molecule has 0 aromatic heterocycles. The normalized spacial score (nSPS) is 17.1. The van der Waals surface area contributed by atoms with Crippen molar-refractivity contribution in [1.82, 2.24) is 10.0 Å². The molecule has 1 rings (SSSR count). The van der Waals surface area contributed by atoms with Crippen LogP contribution < -0.4 is 10.0 Å². The van der Waals surface area contributed by atoms with Crippen LogP contribution in [0.5, 0.6) is 0 Å². The molecular weight excluding hydrogens is 252 g/mol. The number of sulfonamides is 1. The molecular formula is C12H26N2O3S. The molecule has 1 fully saturated rings. The van der Waals surface area contributed by atoms with Crippen LogP contribution >= 0.6 is 0 Å². The molecule has 0 aromatic carbocycles. The Morgan fingerprint density at radius 3 is 2.50 bits per heavy atom. The second-order valence-electron chi connectivity index (χ2n) is 5.54. The number of ether oxygens (including phenoxy) is 1. The first-order chi connectivity index (χ1) is 8.35. The Hall–Kier alpha value is -0.170. The molecule has 0 aromatic rings. The fourth-order valence-electron chi connectivity index (χ4n) is 1.44. The van der Waals surface area contributed by atoms with E-state index in [1.54, 1.807) is 7.11 Å². The number of nitrogens with one attached hydrogen (secondary N) is 2. The molecule has 1 saturated carbocycles. The maximum absolute atomic E-state index is 11.7. The third kappa shape index (κ3) is 7.31. The number of rotatable bonds is 10. The molecule has 2 N–H and O–H groups in total. The van der Waals surface area contributed by atoms with Gasteiger partial charge in [-0.05, 0) is 46.1 Å². The van der Waals surface area contributed by atoms with Gasteiger partial charge in [0.15, 0.2) is 0 Å². The van der Waals surface area contributed by atoms with Crippen LogP contribution in [0.15, 0.2) is 0 Å². The van der Waals surface area contributed by atoms with Gasteiger partial charge in [0.25, 0.3) is 0 Å². The fraction of sp³-hybridized carbons (Fsp3) is 1.00. The zero-order valence-electron chi connectivity index (χ0n) is 11.7. The van der Waals surface area contributed by atoms with Gasteiger partial charge >= 0.3 is 0 Å². The molecule has 0 atom stereocenters. The molecule has 0 radical (unpaired) electrons. The van der Waals surface area contributed by atoms with Gasteiger partial charge in [-0.15, -0.1) is 0 Å². The quantitative estimate of drug-likeness (QED) is 0.582. The first kappa shape index (κ1) is 15.9. The second-order valence-corrected chi connectivity index (χ2v) is 7.47. The van der Waals surface area contributed by atoms with Crippen molar-refractivity contribution >= 4 is 10.0 Å². The van der Waals surface area contributed by atoms with Crippen molar-refractivity contribution in [2.75, 3.05) is 26.0 Å². The van der Waals surface area contributed by atoms with E-state index in [9.17, 15) is 8.42 Å². The summed E-state index contributed by atoms with van der Waals surface area (Å²) in [7, 11) is -1.59. The SMILES string of the molecule is COC(C)(C)CNS(=O)(=O)CCCCNC1CC1. The lowest BCUT2D eigenvalue weighted by Gasteiger charge is -2.23. The maximum atomic E-state index is 11.7. The van der Waals surface area contributed by atoms with E-state index >= 15 is 0 Å². The van der Waals surface area contributed by atoms with Crippen LogP contribution in [0.4, 0.5) is 0 Å². The van der Waals surface area contributed by atoms with Crippen LogP contribution in [0.25, 0.3) is 0 Å². The van der Waals surface area contributed by atoms with Crippen molar-refractivity contribution in [2.45, 2.75) is 51.2 Å². The smallest absolute Gasteiger partial charge is 0.211 e. The topological polar surface area (TPSA) is 67.4 Å². The van der Waals surface area contributed by atoms with E-state index in [-0.39, 0.29) is 5.75 Å². The van der Waals surface area contributed by atoms with E-state index in [0.29, 0.717) is 19.0 Å². The summed E-state index contributed by atoms with van der Waals surface area (Å²) in [6, 6.07) is 0.697. The standard InChI is InChI=1S/C12H26N2O3S/c1-12(2,17-3)10-14-18(15,16)9-5-4-8-13-11-6-7-11/h11,13-14H,4-10H2,1-3H3. The predicted octanol–water partition coefficient (Wildman–Crippen LogP) is 0.863. The molecule has 0 heterocycles. The van der Waals surface area contributed by atoms with Crippen LogP contribution in [-0.2, 0) is 14.8 Å². The maximum Gasteiger partial charge on any atom is 0.211 e. The monoisotopic (exact) mass is 278 g/mol. The summed E-state index contributed by atoms with van der Waals surface area (Å²) in [5.41, 5.74) is -0.458. The van der Waals surface area contributed by atoms with Gasteiger partial charge < -0.3 is 10.1 Å². The Morgan fingerprint density at radius 2 is 1.94 bits per heavy atom. The highest BCUT2D eigenvalue weighted by atomic mass is 32.2. The Labute approximate surface area is 111 Å². The van der Waals surface area contributed by atoms with E-state index in [4.69, 9.17) is 4.74 Å². The van der Waals surface area contributed by atoms with Gasteiger partial charge in [-0.3, -0.25) is 0 Å². The van der Waals surface area contributed by atoms with E-state index in [2.05, 4.69) is 10.0 Å². The minimum atomic E-state index is -3.17. The van der Waals surface area contributed by atoms with Crippen LogP contribution in [0.3, 0.4) is 0 Å². The van der Waals surface area contributed by atoms with Crippen LogP contribution in [0.1, 0.15) is 39.5 Å². The molecule has 0 bridgehead atoms. The molecule has 6 heteroatoms. The summed E-state index contributed by atoms with van der Waals surface area (Å²) < 4.78 is 31.2. The zero-order valence-corrected chi connectivity index (χ0v) is 12.5. The summed E-state index contributed by atoms with van der Waals surface area (Å²) in [6.07, 6.45) is 4.14. The van der Waals surface area contributed by atoms with E-state index < -0.39 is 15.6 Å². The highest BCUT2D eigenvalue weighted by Crippen LogP contribution is 2.18. The van der Waals surface area contributed by atoms with Gasteiger partial charge in [-0.25, -0.2) is 13.1 Å². The summed E-state index contributed by atoms with van der Waals surface area (Å²) in [4.78, 5) is 0. The summed E-state index contributed by atoms with van der Waals surface area (Å²) >= 11 is 0. The number of methoxy groups -OCH3 is 1. The summed E-state index contributed by atoms with van der Waals surface area (Å²) in [6.45, 7) is 4.94. The van der Waals surface area contributed by atoms with Gasteiger partial charge in [0.05, 0.1) is 11.4 Å². The Kier molecular flexibility index (Phi) is 6.04. The van der Waals surface area contributed by atoms with Gasteiger partial charge in [0.2, 0.25) is 10.0 Å². The van der Waals surface area contributed by atoms with Crippen molar-refractivity contribution in [3.8, 4) is 0 Å². The average Bonchev–Trinajstić information content (AvgIpc) is 3.10. The minimum absolute atomic E-state index is 0.194. The average molecular weight is 278 g/mol. The van der Waals surface area contributed by atoms with Gasteiger partial charge in [0, 0.05) is 19.7 Å². The molecule has 0 aliphatic heterocycles. The number of hydrogen-bond acceptors (Lipinski definition) is 4. The van der Waals surface area contributed by atoms with Crippen LogP contribution in [-0.4, -0.2) is 46.0 Å². The highest BCUT2D eigenvalue weighted by molar-refractivity contribution is 7.89. The molecule has 108 valence electrons. The largest absolute Gasteiger partial charge is 0.377 e. The first-order valence-corrected chi connectivity index (χ1v) is 8.26. The van der Waals surface area contributed by atoms with E-state index in [1.807, 2.05) is 13.8 Å². The lowest BCUT2D eigenvalue weighted by Crippen LogP contribution is -2.40. The third-order valence-corrected chi connectivity index (χ3v) is 4.53. The third-order valence-electron chi connectivity index (χ3n) is 3.12. The van der Waals surface area contributed by atoms with Crippen molar-refractivity contribution in [3.63, 3.8) is 0 Å². The van der Waals surface area contributed by atoms with Crippen molar-refractivity contribution in [1.29, 1.82) is 0 Å². The van der Waals surface area contributed by atoms with Crippen molar-refractivity contribution < 1.29 is 13.2 Å². The zero-order chi connectivity index (χ0) is 13.6. The Morgan fingerprint density at radius 1 is 1.28 bits per heavy atom. The van der Waals surface area contributed by atoms with Gasteiger partial charge in [0.1, 0.15) is 0 Å². The molecule has 0 spiro atoms. The molecule has 0 unspecified atom stereocenters. The molecule has 1 aliphatic carbocycles. The van der Waals surface area contributed by atoms with E-state index in [1.165, 1.54) is 12.8 Å². The fourth-order valence-corrected chi connectivity index (χ4v) is 2.73. The lowest BCUT2D eigenvalue weighted by atomic mass is 10.1. The molecule has 0 saturated heterocycles. The Balaban J connectivity index is 2.10. The van der Waals surface area contributed by atoms with Gasteiger partial charge in [-0.1, -0.05) is 0 Å². The van der Waals surface area contributed by atoms with Crippen LogP contribution in [0.2, 0.25) is 0 Å². The van der Waals surface area contributed by atoms with E-state index in [0.717, 1.165) is 13.0 Å². The predicted molar refractivity (Wildman–Crippen MR) is 73.1 cm³/mol. The highest BCUT2D eigenvalue weighted by Gasteiger charge is 2.21. The Bertz CT molecular complexity index is 337. The lowest BCUT2D eigenvalue weighted by molar-refractivity contribution is 0.0276. The first-order valence-electron chi connectivity index (χ1n) is 6.60. The second kappa shape index (κ2) is 6.84. The molecule has 0 amide bonds. The number of hydrogen-bond donors (Lipinski definition) is 2.